The molecule has 1 aliphatic carbocycles. The third-order valence-corrected chi connectivity index (χ3v) is 4.43. The van der Waals surface area contributed by atoms with E-state index in [9.17, 15) is 0 Å². The van der Waals surface area contributed by atoms with Gasteiger partial charge in [-0.05, 0) is 37.5 Å². The molecule has 0 N–H and O–H groups in total. The van der Waals surface area contributed by atoms with Gasteiger partial charge in [-0.25, -0.2) is 0 Å². The Morgan fingerprint density at radius 3 is 2.29 bits per heavy atom. The third kappa shape index (κ3) is 5.75. The molecule has 100 valence electrons. The van der Waals surface area contributed by atoms with Crippen LogP contribution in [-0.2, 0) is 0 Å². The van der Waals surface area contributed by atoms with Crippen LogP contribution >= 0.6 is 0 Å². The highest BCUT2D eigenvalue weighted by atomic mass is 14.3. The van der Waals surface area contributed by atoms with E-state index in [0.29, 0.717) is 0 Å². The summed E-state index contributed by atoms with van der Waals surface area (Å²) in [5, 5.41) is 0. The van der Waals surface area contributed by atoms with Crippen LogP contribution < -0.4 is 0 Å². The van der Waals surface area contributed by atoms with E-state index in [4.69, 9.17) is 0 Å². The Hall–Kier alpha value is -0.260. The molecular weight excluding hydrogens is 204 g/mol. The van der Waals surface area contributed by atoms with Crippen LogP contribution in [0.4, 0.5) is 0 Å². The number of hydrogen-bond donors (Lipinski definition) is 0. The zero-order valence-corrected chi connectivity index (χ0v) is 12.1. The van der Waals surface area contributed by atoms with Crippen LogP contribution in [0.3, 0.4) is 0 Å². The van der Waals surface area contributed by atoms with Crippen molar-refractivity contribution in [1.29, 1.82) is 0 Å². The maximum atomic E-state index is 4.30. The van der Waals surface area contributed by atoms with E-state index in [1.54, 1.807) is 0 Å². The van der Waals surface area contributed by atoms with Gasteiger partial charge in [0.05, 0.1) is 0 Å². The quantitative estimate of drug-likeness (QED) is 0.445. The van der Waals surface area contributed by atoms with Crippen LogP contribution in [0.25, 0.3) is 0 Å². The molecule has 1 saturated carbocycles. The van der Waals surface area contributed by atoms with Gasteiger partial charge >= 0.3 is 0 Å². The van der Waals surface area contributed by atoms with E-state index in [1.165, 1.54) is 76.2 Å². The highest BCUT2D eigenvalue weighted by Crippen LogP contribution is 2.37. The van der Waals surface area contributed by atoms with Crippen molar-refractivity contribution in [2.75, 3.05) is 0 Å². The molecule has 2 atom stereocenters. The summed E-state index contributed by atoms with van der Waals surface area (Å²) in [6, 6.07) is 0. The van der Waals surface area contributed by atoms with Gasteiger partial charge in [0, 0.05) is 0 Å². The first-order valence-corrected chi connectivity index (χ1v) is 7.94. The molecule has 0 aromatic rings. The summed E-state index contributed by atoms with van der Waals surface area (Å²) in [4.78, 5) is 0. The standard InChI is InChI=1S/C17H32/c1-4-6-10-15(3)14-17-13-9-8-12-16(17)11-7-5-2/h16-17H,3-14H2,1-2H3. The molecular formula is C17H32. The monoisotopic (exact) mass is 236 g/mol. The minimum absolute atomic E-state index is 0.972. The molecule has 0 aliphatic heterocycles. The second-order valence-electron chi connectivity index (χ2n) is 6.00. The molecule has 17 heavy (non-hydrogen) atoms. The molecule has 1 fully saturated rings. The van der Waals surface area contributed by atoms with Crippen molar-refractivity contribution in [3.8, 4) is 0 Å². The van der Waals surface area contributed by atoms with E-state index in [2.05, 4.69) is 20.4 Å². The van der Waals surface area contributed by atoms with Crippen molar-refractivity contribution in [3.05, 3.63) is 12.2 Å². The van der Waals surface area contributed by atoms with Crippen molar-refractivity contribution < 1.29 is 0 Å². The Morgan fingerprint density at radius 1 is 1.00 bits per heavy atom. The van der Waals surface area contributed by atoms with Gasteiger partial charge in [0.25, 0.3) is 0 Å². The highest BCUT2D eigenvalue weighted by molar-refractivity contribution is 4.97. The average Bonchev–Trinajstić information content (AvgIpc) is 2.35. The number of unbranched alkanes of at least 4 members (excludes halogenated alkanes) is 2. The van der Waals surface area contributed by atoms with Gasteiger partial charge in [-0.1, -0.05) is 70.9 Å². The van der Waals surface area contributed by atoms with E-state index < -0.39 is 0 Å². The third-order valence-electron chi connectivity index (χ3n) is 4.43. The van der Waals surface area contributed by atoms with Crippen molar-refractivity contribution >= 4 is 0 Å². The molecule has 1 aliphatic rings. The highest BCUT2D eigenvalue weighted by Gasteiger charge is 2.24. The van der Waals surface area contributed by atoms with Crippen LogP contribution in [-0.4, -0.2) is 0 Å². The molecule has 2 unspecified atom stereocenters. The fourth-order valence-corrected chi connectivity index (χ4v) is 3.30. The molecule has 0 heteroatoms. The van der Waals surface area contributed by atoms with Crippen LogP contribution in [0.5, 0.6) is 0 Å². The minimum atomic E-state index is 0.972. The first kappa shape index (κ1) is 14.8. The maximum absolute atomic E-state index is 4.30. The first-order chi connectivity index (χ1) is 8.27. The lowest BCUT2D eigenvalue weighted by Gasteiger charge is -2.32. The predicted octanol–water partition coefficient (Wildman–Crippen LogP) is 6.12. The number of rotatable bonds is 8. The Labute approximate surface area is 109 Å². The topological polar surface area (TPSA) is 0 Å². The summed E-state index contributed by atoms with van der Waals surface area (Å²) in [7, 11) is 0. The Balaban J connectivity index is 2.33. The van der Waals surface area contributed by atoms with Gasteiger partial charge in [0.2, 0.25) is 0 Å². The summed E-state index contributed by atoms with van der Waals surface area (Å²) in [5.74, 6) is 1.99. The van der Waals surface area contributed by atoms with Gasteiger partial charge in [-0.3, -0.25) is 0 Å². The molecule has 1 rings (SSSR count). The summed E-state index contributed by atoms with van der Waals surface area (Å²) in [5.41, 5.74) is 1.53. The van der Waals surface area contributed by atoms with Gasteiger partial charge in [0.1, 0.15) is 0 Å². The molecule has 0 bridgehead atoms. The molecule has 0 aromatic carbocycles. The summed E-state index contributed by atoms with van der Waals surface area (Å²) >= 11 is 0. The van der Waals surface area contributed by atoms with Crippen LogP contribution in [0, 0.1) is 11.8 Å². The average molecular weight is 236 g/mol. The Morgan fingerprint density at radius 2 is 1.65 bits per heavy atom. The second-order valence-corrected chi connectivity index (χ2v) is 6.00. The largest absolute Gasteiger partial charge is 0.0999 e. The molecule has 0 aromatic heterocycles. The zero-order valence-electron chi connectivity index (χ0n) is 12.1. The minimum Gasteiger partial charge on any atom is -0.0999 e. The summed E-state index contributed by atoms with van der Waals surface area (Å²) in [6.07, 6.45) is 15.4. The smallest absolute Gasteiger partial charge is 0.0292 e. The normalized spacial score (nSPS) is 24.8. The van der Waals surface area contributed by atoms with Gasteiger partial charge in [-0.2, -0.15) is 0 Å². The zero-order chi connectivity index (χ0) is 12.5. The Kier molecular flexibility index (Phi) is 7.64. The Bertz CT molecular complexity index is 204. The summed E-state index contributed by atoms with van der Waals surface area (Å²) < 4.78 is 0. The van der Waals surface area contributed by atoms with E-state index >= 15 is 0 Å². The fourth-order valence-electron chi connectivity index (χ4n) is 3.30. The number of hydrogen-bond acceptors (Lipinski definition) is 0. The molecule has 0 amide bonds. The lowest BCUT2D eigenvalue weighted by atomic mass is 9.74. The van der Waals surface area contributed by atoms with Crippen molar-refractivity contribution in [2.24, 2.45) is 11.8 Å². The molecule has 0 heterocycles. The van der Waals surface area contributed by atoms with Crippen LogP contribution in [0.15, 0.2) is 12.2 Å². The van der Waals surface area contributed by atoms with E-state index in [0.717, 1.165) is 11.8 Å². The van der Waals surface area contributed by atoms with Gasteiger partial charge in [-0.15, -0.1) is 0 Å². The first-order valence-electron chi connectivity index (χ1n) is 7.94. The van der Waals surface area contributed by atoms with Crippen LogP contribution in [0.1, 0.15) is 84.5 Å². The van der Waals surface area contributed by atoms with Gasteiger partial charge < -0.3 is 0 Å². The SMILES string of the molecule is C=C(CCCC)CC1CCCCC1CCCC. The van der Waals surface area contributed by atoms with Crippen molar-refractivity contribution in [2.45, 2.75) is 84.5 Å². The molecule has 0 radical (unpaired) electrons. The van der Waals surface area contributed by atoms with Crippen LogP contribution in [0.2, 0.25) is 0 Å². The lowest BCUT2D eigenvalue weighted by molar-refractivity contribution is 0.217. The molecule has 0 saturated heterocycles. The maximum Gasteiger partial charge on any atom is -0.0292 e. The summed E-state index contributed by atoms with van der Waals surface area (Å²) in [6.45, 7) is 8.89. The van der Waals surface area contributed by atoms with Crippen molar-refractivity contribution in [1.82, 2.24) is 0 Å². The van der Waals surface area contributed by atoms with E-state index in [1.807, 2.05) is 0 Å². The second kappa shape index (κ2) is 8.78. The van der Waals surface area contributed by atoms with Gasteiger partial charge in [0.15, 0.2) is 0 Å². The van der Waals surface area contributed by atoms with Crippen molar-refractivity contribution in [3.63, 3.8) is 0 Å². The molecule has 0 nitrogen and oxygen atoms in total. The predicted molar refractivity (Wildman–Crippen MR) is 78.3 cm³/mol. The number of allylic oxidation sites excluding steroid dienone is 1. The van der Waals surface area contributed by atoms with E-state index in [-0.39, 0.29) is 0 Å². The molecule has 0 spiro atoms. The lowest BCUT2D eigenvalue weighted by Crippen LogP contribution is -2.20. The fraction of sp³-hybridized carbons (Fsp3) is 0.882.